The topological polar surface area (TPSA) is 59.9 Å². The molecule has 2 aromatic rings. The van der Waals surface area contributed by atoms with Gasteiger partial charge in [0.15, 0.2) is 6.61 Å². The van der Waals surface area contributed by atoms with Crippen molar-refractivity contribution in [2.24, 2.45) is 5.16 Å². The number of amides is 1. The minimum Gasteiger partial charge on any atom is -0.493 e. The number of benzene rings is 2. The largest absolute Gasteiger partial charge is 0.493 e. The summed E-state index contributed by atoms with van der Waals surface area (Å²) in [5.41, 5.74) is 4.18. The maximum atomic E-state index is 12.2. The number of nitrogens with zero attached hydrogens (tertiary/aromatic N) is 1. The lowest BCUT2D eigenvalue weighted by molar-refractivity contribution is -0.120. The average Bonchev–Trinajstić information content (AvgIpc) is 2.80. The Labute approximate surface area is 171 Å². The fourth-order valence-corrected chi connectivity index (χ4v) is 3.65. The van der Waals surface area contributed by atoms with Crippen LogP contribution in [-0.2, 0) is 9.63 Å². The maximum absolute atomic E-state index is 12.2. The van der Waals surface area contributed by atoms with Gasteiger partial charge in [-0.15, -0.1) is 0 Å². The van der Waals surface area contributed by atoms with Gasteiger partial charge in [-0.2, -0.15) is 0 Å². The molecule has 27 heavy (non-hydrogen) atoms. The van der Waals surface area contributed by atoms with Crippen molar-refractivity contribution in [3.63, 3.8) is 0 Å². The molecule has 0 unspecified atom stereocenters. The first-order chi connectivity index (χ1) is 12.9. The molecular weight excluding hydrogens is 432 g/mol. The predicted octanol–water partition coefficient (Wildman–Crippen LogP) is 5.25. The van der Waals surface area contributed by atoms with Gasteiger partial charge < -0.3 is 14.9 Å². The molecule has 0 aliphatic carbocycles. The molecule has 0 atom stereocenters. The van der Waals surface area contributed by atoms with Crippen LogP contribution in [0.3, 0.4) is 0 Å². The van der Waals surface area contributed by atoms with Gasteiger partial charge in [-0.25, -0.2) is 0 Å². The van der Waals surface area contributed by atoms with E-state index in [1.807, 2.05) is 44.2 Å². The SMILES string of the molecule is Cc1cc(C)c(NC(=O)CO/N=C2\CCCOc3ccc(Br)cc32)c(Cl)c1. The molecule has 5 nitrogen and oxygen atoms in total. The first kappa shape index (κ1) is 19.7. The molecule has 3 rings (SSSR count). The summed E-state index contributed by atoms with van der Waals surface area (Å²) in [4.78, 5) is 17.5. The Morgan fingerprint density at radius 1 is 1.33 bits per heavy atom. The van der Waals surface area contributed by atoms with E-state index in [-0.39, 0.29) is 12.5 Å². The van der Waals surface area contributed by atoms with Crippen LogP contribution in [0.2, 0.25) is 5.02 Å². The summed E-state index contributed by atoms with van der Waals surface area (Å²) in [7, 11) is 0. The van der Waals surface area contributed by atoms with E-state index >= 15 is 0 Å². The van der Waals surface area contributed by atoms with E-state index in [9.17, 15) is 4.79 Å². The van der Waals surface area contributed by atoms with E-state index < -0.39 is 0 Å². The molecule has 142 valence electrons. The normalized spacial score (nSPS) is 14.9. The second-order valence-corrected chi connectivity index (χ2v) is 7.71. The molecule has 1 aliphatic heterocycles. The van der Waals surface area contributed by atoms with Gasteiger partial charge in [0, 0.05) is 10.0 Å². The van der Waals surface area contributed by atoms with E-state index in [2.05, 4.69) is 26.4 Å². The molecule has 1 aliphatic rings. The zero-order chi connectivity index (χ0) is 19.4. The fourth-order valence-electron chi connectivity index (χ4n) is 2.92. The monoisotopic (exact) mass is 450 g/mol. The molecular formula is C20H20BrClN2O3. The number of anilines is 1. The van der Waals surface area contributed by atoms with Crippen molar-refractivity contribution >= 4 is 44.8 Å². The molecule has 0 bridgehead atoms. The lowest BCUT2D eigenvalue weighted by Crippen LogP contribution is -2.18. The Hall–Kier alpha value is -2.05. The van der Waals surface area contributed by atoms with Gasteiger partial charge >= 0.3 is 0 Å². The number of fused-ring (bicyclic) bond motifs is 1. The van der Waals surface area contributed by atoms with Crippen LogP contribution in [0.4, 0.5) is 5.69 Å². The highest BCUT2D eigenvalue weighted by Gasteiger charge is 2.17. The number of halogens is 2. The number of ether oxygens (including phenoxy) is 1. The number of carbonyl (C=O) groups is 1. The fraction of sp³-hybridized carbons (Fsp3) is 0.300. The van der Waals surface area contributed by atoms with Crippen LogP contribution in [0.25, 0.3) is 0 Å². The molecule has 7 heteroatoms. The molecule has 2 aromatic carbocycles. The minimum atomic E-state index is -0.312. The van der Waals surface area contributed by atoms with E-state index in [0.29, 0.717) is 23.7 Å². The van der Waals surface area contributed by atoms with Crippen molar-refractivity contribution in [3.05, 3.63) is 56.5 Å². The highest BCUT2D eigenvalue weighted by atomic mass is 79.9. The number of oxime groups is 1. The number of hydrogen-bond acceptors (Lipinski definition) is 4. The molecule has 1 N–H and O–H groups in total. The Balaban J connectivity index is 1.67. The van der Waals surface area contributed by atoms with Gasteiger partial charge in [0.1, 0.15) is 5.75 Å². The van der Waals surface area contributed by atoms with Crippen LogP contribution in [0.5, 0.6) is 5.75 Å². The van der Waals surface area contributed by atoms with E-state index in [0.717, 1.165) is 39.0 Å². The summed E-state index contributed by atoms with van der Waals surface area (Å²) < 4.78 is 6.66. The number of hydrogen-bond donors (Lipinski definition) is 1. The molecule has 0 saturated heterocycles. The first-order valence-corrected chi connectivity index (χ1v) is 9.79. The molecule has 1 amide bonds. The van der Waals surface area contributed by atoms with Crippen molar-refractivity contribution in [2.45, 2.75) is 26.7 Å². The molecule has 0 radical (unpaired) electrons. The Kier molecular flexibility index (Phi) is 6.39. The quantitative estimate of drug-likeness (QED) is 0.646. The molecule has 0 fully saturated rings. The van der Waals surface area contributed by atoms with Crippen molar-refractivity contribution < 1.29 is 14.4 Å². The number of nitrogens with one attached hydrogen (secondary N) is 1. The predicted molar refractivity (Wildman–Crippen MR) is 111 cm³/mol. The summed E-state index contributed by atoms with van der Waals surface area (Å²) >= 11 is 9.68. The average molecular weight is 452 g/mol. The summed E-state index contributed by atoms with van der Waals surface area (Å²) in [6.07, 6.45) is 1.55. The zero-order valence-corrected chi connectivity index (χ0v) is 17.5. The van der Waals surface area contributed by atoms with E-state index in [1.54, 1.807) is 0 Å². The second kappa shape index (κ2) is 8.76. The summed E-state index contributed by atoms with van der Waals surface area (Å²) in [6.45, 7) is 4.28. The number of aryl methyl sites for hydroxylation is 2. The van der Waals surface area contributed by atoms with Crippen molar-refractivity contribution in [1.29, 1.82) is 0 Å². The van der Waals surface area contributed by atoms with E-state index in [4.69, 9.17) is 21.2 Å². The summed E-state index contributed by atoms with van der Waals surface area (Å²) in [5.74, 6) is 0.456. The molecule has 1 heterocycles. The van der Waals surface area contributed by atoms with Crippen LogP contribution in [0.15, 0.2) is 40.0 Å². The smallest absolute Gasteiger partial charge is 0.265 e. The second-order valence-electron chi connectivity index (χ2n) is 6.39. The molecule has 0 spiro atoms. The van der Waals surface area contributed by atoms with Gasteiger partial charge in [-0.3, -0.25) is 4.79 Å². The van der Waals surface area contributed by atoms with Gasteiger partial charge in [-0.05, 0) is 62.1 Å². The third-order valence-electron chi connectivity index (χ3n) is 4.13. The molecule has 0 saturated carbocycles. The van der Waals surface area contributed by atoms with Crippen LogP contribution >= 0.6 is 27.5 Å². The number of carbonyl (C=O) groups excluding carboxylic acids is 1. The van der Waals surface area contributed by atoms with Gasteiger partial charge in [0.2, 0.25) is 0 Å². The van der Waals surface area contributed by atoms with Gasteiger partial charge in [0.25, 0.3) is 5.91 Å². The Morgan fingerprint density at radius 2 is 2.15 bits per heavy atom. The summed E-state index contributed by atoms with van der Waals surface area (Å²) in [6, 6.07) is 9.53. The Morgan fingerprint density at radius 3 is 2.93 bits per heavy atom. The lowest BCUT2D eigenvalue weighted by atomic mass is 10.1. The molecule has 0 aromatic heterocycles. The van der Waals surface area contributed by atoms with Crippen molar-refractivity contribution in [1.82, 2.24) is 0 Å². The highest BCUT2D eigenvalue weighted by molar-refractivity contribution is 9.10. The maximum Gasteiger partial charge on any atom is 0.265 e. The van der Waals surface area contributed by atoms with E-state index in [1.165, 1.54) is 0 Å². The lowest BCUT2D eigenvalue weighted by Gasteiger charge is -2.11. The minimum absolute atomic E-state index is 0.197. The third-order valence-corrected chi connectivity index (χ3v) is 4.93. The van der Waals surface area contributed by atoms with Crippen LogP contribution < -0.4 is 10.1 Å². The number of rotatable bonds is 4. The summed E-state index contributed by atoms with van der Waals surface area (Å²) in [5, 5.41) is 7.48. The van der Waals surface area contributed by atoms with Gasteiger partial charge in [0.05, 0.1) is 23.0 Å². The van der Waals surface area contributed by atoms with Crippen molar-refractivity contribution in [3.8, 4) is 5.75 Å². The Bertz CT molecular complexity index is 876. The van der Waals surface area contributed by atoms with Gasteiger partial charge in [-0.1, -0.05) is 38.8 Å². The standard InChI is InChI=1S/C20H20BrClN2O3/c1-12-8-13(2)20(16(22)9-12)23-19(25)11-27-24-17-4-3-7-26-18-6-5-14(21)10-15(17)18/h5-6,8-10H,3-4,7,11H2,1-2H3,(H,23,25)/b24-17+. The van der Waals surface area contributed by atoms with Crippen LogP contribution in [0, 0.1) is 13.8 Å². The van der Waals surface area contributed by atoms with Crippen LogP contribution in [-0.4, -0.2) is 24.8 Å². The van der Waals surface area contributed by atoms with Crippen molar-refractivity contribution in [2.75, 3.05) is 18.5 Å². The first-order valence-electron chi connectivity index (χ1n) is 8.62. The zero-order valence-electron chi connectivity index (χ0n) is 15.1. The van der Waals surface area contributed by atoms with Crippen LogP contribution in [0.1, 0.15) is 29.5 Å². The third kappa shape index (κ3) is 5.02. The highest BCUT2D eigenvalue weighted by Crippen LogP contribution is 2.28.